The summed E-state index contributed by atoms with van der Waals surface area (Å²) in [6, 6.07) is 40.8. The second-order valence-electron chi connectivity index (χ2n) is 9.73. The molecule has 0 aliphatic carbocycles. The Morgan fingerprint density at radius 2 is 1.08 bits per heavy atom. The fraction of sp³-hybridized carbons (Fsp3) is 0. The first kappa shape index (κ1) is 21.0. The molecule has 0 atom stereocenters. The van der Waals surface area contributed by atoms with Crippen molar-refractivity contribution in [1.29, 1.82) is 0 Å². The molecule has 176 valence electrons. The molecule has 0 fully saturated rings. The number of rotatable bonds is 2. The molecule has 0 saturated heterocycles. The summed E-state index contributed by atoms with van der Waals surface area (Å²) in [5.41, 5.74) is 8.66. The number of hydrogen-bond donors (Lipinski definition) is 0. The van der Waals surface area contributed by atoms with Crippen LogP contribution < -0.4 is 0 Å². The Kier molecular flexibility index (Phi) is 4.52. The lowest BCUT2D eigenvalue weighted by atomic mass is 9.93. The van der Waals surface area contributed by atoms with Gasteiger partial charge in [0.05, 0.1) is 22.1 Å². The van der Waals surface area contributed by atoms with E-state index >= 15 is 0 Å². The zero-order valence-corrected chi connectivity index (χ0v) is 20.5. The molecule has 3 heteroatoms. The minimum absolute atomic E-state index is 0.938. The van der Waals surface area contributed by atoms with Crippen LogP contribution in [0.15, 0.2) is 128 Å². The number of hydrogen-bond acceptors (Lipinski definition) is 3. The fourth-order valence-corrected chi connectivity index (χ4v) is 5.64. The van der Waals surface area contributed by atoms with E-state index in [-0.39, 0.29) is 0 Å². The van der Waals surface area contributed by atoms with Crippen molar-refractivity contribution in [3.63, 3.8) is 0 Å². The Morgan fingerprint density at radius 1 is 0.395 bits per heavy atom. The molecule has 0 amide bonds. The van der Waals surface area contributed by atoms with Gasteiger partial charge < -0.3 is 0 Å². The topological polar surface area (TPSA) is 38.7 Å². The second-order valence-corrected chi connectivity index (χ2v) is 9.73. The van der Waals surface area contributed by atoms with E-state index in [1.165, 1.54) is 33.0 Å². The van der Waals surface area contributed by atoms with Crippen LogP contribution in [-0.4, -0.2) is 15.0 Å². The van der Waals surface area contributed by atoms with Crippen LogP contribution in [-0.2, 0) is 0 Å². The van der Waals surface area contributed by atoms with Crippen LogP contribution in [0.1, 0.15) is 0 Å². The minimum Gasteiger partial charge on any atom is -0.256 e. The molecular weight excluding hydrogens is 462 g/mol. The highest BCUT2D eigenvalue weighted by Gasteiger charge is 2.14. The molecule has 0 spiro atoms. The Morgan fingerprint density at radius 3 is 1.97 bits per heavy atom. The molecule has 0 aliphatic rings. The van der Waals surface area contributed by atoms with Gasteiger partial charge in [-0.25, -0.2) is 4.98 Å². The average molecular weight is 484 g/mol. The van der Waals surface area contributed by atoms with E-state index in [0.29, 0.717) is 0 Å². The molecule has 5 aromatic carbocycles. The molecule has 8 aromatic rings. The first-order valence-corrected chi connectivity index (χ1v) is 12.8. The van der Waals surface area contributed by atoms with Gasteiger partial charge >= 0.3 is 0 Å². The Labute approximate surface area is 219 Å². The fourth-order valence-electron chi connectivity index (χ4n) is 5.64. The van der Waals surface area contributed by atoms with Crippen LogP contribution in [0.25, 0.3) is 76.6 Å². The lowest BCUT2D eigenvalue weighted by Crippen LogP contribution is -1.91. The molecule has 0 saturated carbocycles. The number of aromatic nitrogens is 3. The minimum atomic E-state index is 0.938. The summed E-state index contributed by atoms with van der Waals surface area (Å²) in [5, 5.41) is 6.95. The van der Waals surface area contributed by atoms with Crippen LogP contribution in [0.5, 0.6) is 0 Å². The van der Waals surface area contributed by atoms with Crippen molar-refractivity contribution >= 4 is 54.4 Å². The summed E-state index contributed by atoms with van der Waals surface area (Å²) in [7, 11) is 0. The SMILES string of the molecule is c1cnc2ccc(-c3ccc4cc(-c5c6ccccc6nc6c5ccc5cccnc56)ccc4c3)cc2c1. The largest absolute Gasteiger partial charge is 0.256 e. The van der Waals surface area contributed by atoms with Crippen molar-refractivity contribution in [3.05, 3.63) is 128 Å². The van der Waals surface area contributed by atoms with E-state index in [1.54, 1.807) is 0 Å². The molecule has 0 bridgehead atoms. The maximum atomic E-state index is 5.05. The predicted octanol–water partition coefficient (Wildman–Crippen LogP) is 8.97. The number of benzene rings is 5. The van der Waals surface area contributed by atoms with E-state index in [0.717, 1.165) is 43.6 Å². The molecular formula is C35H21N3. The summed E-state index contributed by atoms with van der Waals surface area (Å²) in [5.74, 6) is 0. The predicted molar refractivity (Wildman–Crippen MR) is 158 cm³/mol. The molecule has 0 radical (unpaired) electrons. The van der Waals surface area contributed by atoms with Crippen LogP contribution in [0.2, 0.25) is 0 Å². The lowest BCUT2D eigenvalue weighted by Gasteiger charge is -2.14. The Bertz CT molecular complexity index is 2200. The van der Waals surface area contributed by atoms with Crippen molar-refractivity contribution in [2.45, 2.75) is 0 Å². The van der Waals surface area contributed by atoms with Gasteiger partial charge in [-0.05, 0) is 69.9 Å². The molecule has 8 rings (SSSR count). The summed E-state index contributed by atoms with van der Waals surface area (Å²) in [4.78, 5) is 14.2. The standard InChI is InChI=1S/C35H21N3/c1-2-8-32-29(7-1)33(30-15-13-22-5-3-18-37-34(22)35(30)38-32)28-12-11-24-19-23(9-10-25(24)21-28)26-14-16-31-27(20-26)6-4-17-36-31/h1-21H. The van der Waals surface area contributed by atoms with Crippen LogP contribution in [0.3, 0.4) is 0 Å². The van der Waals surface area contributed by atoms with Crippen LogP contribution in [0, 0.1) is 0 Å². The summed E-state index contributed by atoms with van der Waals surface area (Å²) in [6.45, 7) is 0. The van der Waals surface area contributed by atoms with E-state index in [4.69, 9.17) is 9.97 Å². The van der Waals surface area contributed by atoms with Gasteiger partial charge in [-0.2, -0.15) is 0 Å². The highest BCUT2D eigenvalue weighted by Crippen LogP contribution is 2.38. The van der Waals surface area contributed by atoms with Crippen molar-refractivity contribution < 1.29 is 0 Å². The Hall–Kier alpha value is -5.15. The maximum Gasteiger partial charge on any atom is 0.0978 e. The molecule has 3 aromatic heterocycles. The van der Waals surface area contributed by atoms with Gasteiger partial charge in [-0.3, -0.25) is 9.97 Å². The maximum absolute atomic E-state index is 5.05. The van der Waals surface area contributed by atoms with Crippen molar-refractivity contribution in [3.8, 4) is 22.3 Å². The normalized spacial score (nSPS) is 11.7. The molecule has 3 nitrogen and oxygen atoms in total. The number of nitrogens with zero attached hydrogens (tertiary/aromatic N) is 3. The van der Waals surface area contributed by atoms with Gasteiger partial charge in [0.2, 0.25) is 0 Å². The van der Waals surface area contributed by atoms with Gasteiger partial charge in [0, 0.05) is 39.5 Å². The van der Waals surface area contributed by atoms with Gasteiger partial charge in [-0.1, -0.05) is 72.8 Å². The third kappa shape index (κ3) is 3.26. The van der Waals surface area contributed by atoms with Crippen LogP contribution in [0.4, 0.5) is 0 Å². The third-order valence-electron chi connectivity index (χ3n) is 7.49. The van der Waals surface area contributed by atoms with Gasteiger partial charge in [0.25, 0.3) is 0 Å². The van der Waals surface area contributed by atoms with E-state index in [2.05, 4.69) is 102 Å². The smallest absolute Gasteiger partial charge is 0.0978 e. The van der Waals surface area contributed by atoms with E-state index in [1.807, 2.05) is 30.6 Å². The zero-order chi connectivity index (χ0) is 25.1. The quantitative estimate of drug-likeness (QED) is 0.182. The molecule has 0 aliphatic heterocycles. The monoisotopic (exact) mass is 483 g/mol. The molecule has 0 N–H and O–H groups in total. The first-order chi connectivity index (χ1) is 18.8. The van der Waals surface area contributed by atoms with Crippen molar-refractivity contribution in [2.75, 3.05) is 0 Å². The molecule has 0 unspecified atom stereocenters. The number of pyridine rings is 3. The molecule has 3 heterocycles. The second kappa shape index (κ2) is 8.19. The van der Waals surface area contributed by atoms with Crippen molar-refractivity contribution in [2.24, 2.45) is 0 Å². The van der Waals surface area contributed by atoms with E-state index < -0.39 is 0 Å². The summed E-state index contributed by atoms with van der Waals surface area (Å²) in [6.07, 6.45) is 3.68. The highest BCUT2D eigenvalue weighted by atomic mass is 14.7. The van der Waals surface area contributed by atoms with Crippen LogP contribution >= 0.6 is 0 Å². The van der Waals surface area contributed by atoms with Gasteiger partial charge in [0.15, 0.2) is 0 Å². The summed E-state index contributed by atoms with van der Waals surface area (Å²) < 4.78 is 0. The highest BCUT2D eigenvalue weighted by molar-refractivity contribution is 6.16. The van der Waals surface area contributed by atoms with E-state index in [9.17, 15) is 0 Å². The zero-order valence-electron chi connectivity index (χ0n) is 20.5. The van der Waals surface area contributed by atoms with Gasteiger partial charge in [0.1, 0.15) is 0 Å². The average Bonchev–Trinajstić information content (AvgIpc) is 2.99. The lowest BCUT2D eigenvalue weighted by molar-refractivity contribution is 1.40. The number of para-hydroxylation sites is 1. The Balaban J connectivity index is 1.33. The molecule has 38 heavy (non-hydrogen) atoms. The third-order valence-corrected chi connectivity index (χ3v) is 7.49. The van der Waals surface area contributed by atoms with Crippen molar-refractivity contribution in [1.82, 2.24) is 15.0 Å². The summed E-state index contributed by atoms with van der Waals surface area (Å²) >= 11 is 0. The number of fused-ring (bicyclic) bond motifs is 6. The first-order valence-electron chi connectivity index (χ1n) is 12.8. The van der Waals surface area contributed by atoms with Gasteiger partial charge in [-0.15, -0.1) is 0 Å².